The van der Waals surface area contributed by atoms with Gasteiger partial charge in [0.1, 0.15) is 0 Å². The van der Waals surface area contributed by atoms with Crippen LogP contribution in [0.1, 0.15) is 12.8 Å². The van der Waals surface area contributed by atoms with Crippen molar-refractivity contribution in [2.45, 2.75) is 17.7 Å². The van der Waals surface area contributed by atoms with Crippen LogP contribution < -0.4 is 5.32 Å². The normalized spacial score (nSPS) is 19.4. The van der Waals surface area contributed by atoms with E-state index in [4.69, 9.17) is 4.74 Å². The number of amides is 1. The molecule has 1 aliphatic heterocycles. The topological polar surface area (TPSA) is 51.2 Å². The Morgan fingerprint density at radius 3 is 3.06 bits per heavy atom. The van der Waals surface area contributed by atoms with Crippen molar-refractivity contribution in [1.82, 2.24) is 10.3 Å². The summed E-state index contributed by atoms with van der Waals surface area (Å²) >= 11 is 1.53. The first kappa shape index (κ1) is 13.4. The molecule has 2 heterocycles. The summed E-state index contributed by atoms with van der Waals surface area (Å²) < 4.78 is 5.38. The van der Waals surface area contributed by atoms with Gasteiger partial charge in [0.2, 0.25) is 5.91 Å². The van der Waals surface area contributed by atoms with Crippen molar-refractivity contribution in [3.05, 3.63) is 24.5 Å². The lowest BCUT2D eigenvalue weighted by Crippen LogP contribution is -2.34. The number of pyridine rings is 1. The first-order chi connectivity index (χ1) is 8.84. The van der Waals surface area contributed by atoms with Gasteiger partial charge in [-0.25, -0.2) is 0 Å². The van der Waals surface area contributed by atoms with Crippen molar-refractivity contribution >= 4 is 17.7 Å². The van der Waals surface area contributed by atoms with E-state index in [0.717, 1.165) is 37.5 Å². The Balaban J connectivity index is 1.63. The van der Waals surface area contributed by atoms with Crippen LogP contribution in [0.2, 0.25) is 0 Å². The molecule has 5 heteroatoms. The summed E-state index contributed by atoms with van der Waals surface area (Å²) in [5, 5.41) is 2.97. The molecule has 1 aliphatic rings. The second-order valence-corrected chi connectivity index (χ2v) is 5.41. The third-order valence-corrected chi connectivity index (χ3v) is 3.87. The molecule has 1 unspecified atom stereocenters. The minimum absolute atomic E-state index is 0.0855. The van der Waals surface area contributed by atoms with Gasteiger partial charge in [-0.15, -0.1) is 11.8 Å². The van der Waals surface area contributed by atoms with Gasteiger partial charge < -0.3 is 10.1 Å². The number of hydrogen-bond donors (Lipinski definition) is 1. The highest BCUT2D eigenvalue weighted by Crippen LogP contribution is 2.16. The molecule has 1 atom stereocenters. The summed E-state index contributed by atoms with van der Waals surface area (Å²) in [5.74, 6) is 1.02. The molecule has 1 N–H and O–H groups in total. The predicted molar refractivity (Wildman–Crippen MR) is 71.5 cm³/mol. The number of thioether (sulfide) groups is 1. The third kappa shape index (κ3) is 4.66. The number of carbonyl (C=O) groups excluding carboxylic acids is 1. The smallest absolute Gasteiger partial charge is 0.230 e. The summed E-state index contributed by atoms with van der Waals surface area (Å²) in [6.07, 6.45) is 5.73. The van der Waals surface area contributed by atoms with Gasteiger partial charge in [-0.2, -0.15) is 0 Å². The lowest BCUT2D eigenvalue weighted by atomic mass is 10.0. The van der Waals surface area contributed by atoms with E-state index in [1.807, 2.05) is 12.1 Å². The number of aromatic nitrogens is 1. The molecule has 0 radical (unpaired) electrons. The number of nitrogens with zero attached hydrogens (tertiary/aromatic N) is 1. The molecule has 0 bridgehead atoms. The van der Waals surface area contributed by atoms with Crippen LogP contribution in [-0.4, -0.2) is 36.4 Å². The predicted octanol–water partition coefficient (Wildman–Crippen LogP) is 1.72. The summed E-state index contributed by atoms with van der Waals surface area (Å²) in [5.41, 5.74) is 0. The van der Waals surface area contributed by atoms with E-state index >= 15 is 0 Å². The second-order valence-electron chi connectivity index (χ2n) is 4.36. The maximum atomic E-state index is 11.7. The monoisotopic (exact) mass is 266 g/mol. The SMILES string of the molecule is O=C(CSc1ccncc1)NCC1CCCOC1. The Bertz CT molecular complexity index is 367. The first-order valence-corrected chi connectivity index (χ1v) is 7.20. The molecule has 1 aromatic rings. The van der Waals surface area contributed by atoms with E-state index in [0.29, 0.717) is 11.7 Å². The maximum absolute atomic E-state index is 11.7. The van der Waals surface area contributed by atoms with Gasteiger partial charge in [0.25, 0.3) is 0 Å². The first-order valence-electron chi connectivity index (χ1n) is 6.22. The zero-order valence-corrected chi connectivity index (χ0v) is 11.1. The Labute approximate surface area is 112 Å². The third-order valence-electron chi connectivity index (χ3n) is 2.86. The molecule has 4 nitrogen and oxygen atoms in total. The summed E-state index contributed by atoms with van der Waals surface area (Å²) in [4.78, 5) is 16.7. The van der Waals surface area contributed by atoms with Crippen molar-refractivity contribution in [3.8, 4) is 0 Å². The average Bonchev–Trinajstić information content (AvgIpc) is 2.45. The van der Waals surface area contributed by atoms with Gasteiger partial charge >= 0.3 is 0 Å². The molecule has 1 fully saturated rings. The number of nitrogens with one attached hydrogen (secondary N) is 1. The van der Waals surface area contributed by atoms with Gasteiger partial charge in [0, 0.05) is 30.4 Å². The largest absolute Gasteiger partial charge is 0.381 e. The van der Waals surface area contributed by atoms with Crippen LogP contribution in [-0.2, 0) is 9.53 Å². The summed E-state index contributed by atoms with van der Waals surface area (Å²) in [7, 11) is 0. The molecule has 0 aliphatic carbocycles. The van der Waals surface area contributed by atoms with Crippen LogP contribution in [0.3, 0.4) is 0 Å². The molecule has 0 aromatic carbocycles. The van der Waals surface area contributed by atoms with Crippen LogP contribution in [0.4, 0.5) is 0 Å². The van der Waals surface area contributed by atoms with Crippen LogP contribution in [0.5, 0.6) is 0 Å². The molecule has 2 rings (SSSR count). The number of ether oxygens (including phenoxy) is 1. The van der Waals surface area contributed by atoms with Crippen LogP contribution >= 0.6 is 11.8 Å². The molecule has 1 aromatic heterocycles. The zero-order chi connectivity index (χ0) is 12.6. The zero-order valence-electron chi connectivity index (χ0n) is 10.3. The molecular formula is C13H18N2O2S. The van der Waals surface area contributed by atoms with Crippen molar-refractivity contribution in [2.75, 3.05) is 25.5 Å². The van der Waals surface area contributed by atoms with E-state index in [1.165, 1.54) is 11.8 Å². The van der Waals surface area contributed by atoms with Crippen molar-refractivity contribution in [1.29, 1.82) is 0 Å². The summed E-state index contributed by atoms with van der Waals surface area (Å²) in [6.45, 7) is 2.37. The maximum Gasteiger partial charge on any atom is 0.230 e. The molecule has 18 heavy (non-hydrogen) atoms. The Morgan fingerprint density at radius 1 is 1.50 bits per heavy atom. The van der Waals surface area contributed by atoms with E-state index in [-0.39, 0.29) is 5.91 Å². The van der Waals surface area contributed by atoms with Crippen molar-refractivity contribution in [2.24, 2.45) is 5.92 Å². The fourth-order valence-corrected chi connectivity index (χ4v) is 2.57. The number of hydrogen-bond acceptors (Lipinski definition) is 4. The second kappa shape index (κ2) is 7.38. The van der Waals surface area contributed by atoms with Gasteiger partial charge in [-0.3, -0.25) is 9.78 Å². The fraction of sp³-hybridized carbons (Fsp3) is 0.538. The Kier molecular flexibility index (Phi) is 5.48. The van der Waals surface area contributed by atoms with Crippen LogP contribution in [0, 0.1) is 5.92 Å². The highest BCUT2D eigenvalue weighted by molar-refractivity contribution is 8.00. The molecule has 0 spiro atoms. The van der Waals surface area contributed by atoms with E-state index in [1.54, 1.807) is 12.4 Å². The van der Waals surface area contributed by atoms with Crippen LogP contribution in [0.25, 0.3) is 0 Å². The number of rotatable bonds is 5. The highest BCUT2D eigenvalue weighted by atomic mass is 32.2. The molecule has 0 saturated carbocycles. The van der Waals surface area contributed by atoms with E-state index < -0.39 is 0 Å². The van der Waals surface area contributed by atoms with Crippen LogP contribution in [0.15, 0.2) is 29.4 Å². The van der Waals surface area contributed by atoms with Crippen molar-refractivity contribution < 1.29 is 9.53 Å². The minimum atomic E-state index is 0.0855. The molecule has 1 saturated heterocycles. The minimum Gasteiger partial charge on any atom is -0.381 e. The Morgan fingerprint density at radius 2 is 2.33 bits per heavy atom. The lowest BCUT2D eigenvalue weighted by molar-refractivity contribution is -0.118. The number of carbonyl (C=O) groups is 1. The van der Waals surface area contributed by atoms with E-state index in [9.17, 15) is 4.79 Å². The van der Waals surface area contributed by atoms with E-state index in [2.05, 4.69) is 10.3 Å². The van der Waals surface area contributed by atoms with Gasteiger partial charge in [-0.05, 0) is 30.9 Å². The quantitative estimate of drug-likeness (QED) is 0.824. The molecule has 98 valence electrons. The molecule has 1 amide bonds. The fourth-order valence-electron chi connectivity index (χ4n) is 1.86. The van der Waals surface area contributed by atoms with Gasteiger partial charge in [0.15, 0.2) is 0 Å². The summed E-state index contributed by atoms with van der Waals surface area (Å²) in [6, 6.07) is 3.82. The van der Waals surface area contributed by atoms with Gasteiger partial charge in [-0.1, -0.05) is 0 Å². The lowest BCUT2D eigenvalue weighted by Gasteiger charge is -2.22. The molecular weight excluding hydrogens is 248 g/mol. The highest BCUT2D eigenvalue weighted by Gasteiger charge is 2.14. The van der Waals surface area contributed by atoms with Gasteiger partial charge in [0.05, 0.1) is 12.4 Å². The Hall–Kier alpha value is -1.07. The van der Waals surface area contributed by atoms with Crippen molar-refractivity contribution in [3.63, 3.8) is 0 Å². The average molecular weight is 266 g/mol. The standard InChI is InChI=1S/C13H18N2O2S/c16-13(10-18-12-3-5-14-6-4-12)15-8-11-2-1-7-17-9-11/h3-6,11H,1-2,7-10H2,(H,15,16).